The van der Waals surface area contributed by atoms with E-state index in [0.717, 1.165) is 13.1 Å². The Morgan fingerprint density at radius 1 is 1.32 bits per heavy atom. The van der Waals surface area contributed by atoms with Crippen LogP contribution in [-0.2, 0) is 14.4 Å². The molecule has 0 aromatic heterocycles. The summed E-state index contributed by atoms with van der Waals surface area (Å²) >= 11 is 0. The summed E-state index contributed by atoms with van der Waals surface area (Å²) in [6.07, 6.45) is 0.591. The number of piperazine rings is 2. The number of amides is 3. The summed E-state index contributed by atoms with van der Waals surface area (Å²) in [6, 6.07) is -0.385. The Balaban J connectivity index is 1.96. The minimum Gasteiger partial charge on any atom is -0.339 e. The molecular formula is C12H20N4O3. The van der Waals surface area contributed by atoms with Crippen molar-refractivity contribution in [1.82, 2.24) is 20.4 Å². The van der Waals surface area contributed by atoms with Crippen LogP contribution in [0.1, 0.15) is 13.3 Å². The number of imide groups is 1. The van der Waals surface area contributed by atoms with E-state index in [1.54, 1.807) is 9.80 Å². The molecule has 1 atom stereocenters. The van der Waals surface area contributed by atoms with Crippen molar-refractivity contribution in [3.63, 3.8) is 0 Å². The monoisotopic (exact) mass is 268 g/mol. The van der Waals surface area contributed by atoms with Crippen LogP contribution in [0.4, 0.5) is 0 Å². The van der Waals surface area contributed by atoms with Gasteiger partial charge in [0.15, 0.2) is 0 Å². The highest BCUT2D eigenvalue weighted by atomic mass is 16.2. The molecule has 0 saturated carbocycles. The summed E-state index contributed by atoms with van der Waals surface area (Å²) in [4.78, 5) is 38.7. The molecule has 1 unspecified atom stereocenters. The third-order valence-electron chi connectivity index (χ3n) is 3.55. The molecule has 0 radical (unpaired) electrons. The molecule has 7 heteroatoms. The van der Waals surface area contributed by atoms with Gasteiger partial charge in [0.25, 0.3) is 0 Å². The van der Waals surface area contributed by atoms with E-state index in [9.17, 15) is 14.4 Å². The molecule has 2 fully saturated rings. The lowest BCUT2D eigenvalue weighted by atomic mass is 10.1. The third kappa shape index (κ3) is 3.30. The van der Waals surface area contributed by atoms with E-state index in [-0.39, 0.29) is 36.9 Å². The van der Waals surface area contributed by atoms with Gasteiger partial charge in [-0.25, -0.2) is 0 Å². The fourth-order valence-electron chi connectivity index (χ4n) is 2.52. The second kappa shape index (κ2) is 6.12. The number of hydrogen-bond acceptors (Lipinski definition) is 5. The number of nitrogens with one attached hydrogen (secondary N) is 2. The Kier molecular flexibility index (Phi) is 4.49. The van der Waals surface area contributed by atoms with E-state index < -0.39 is 0 Å². The lowest BCUT2D eigenvalue weighted by molar-refractivity contribution is -0.143. The fourth-order valence-corrected chi connectivity index (χ4v) is 2.52. The second-order valence-corrected chi connectivity index (χ2v) is 4.87. The van der Waals surface area contributed by atoms with Gasteiger partial charge in [-0.3, -0.25) is 24.6 Å². The van der Waals surface area contributed by atoms with Gasteiger partial charge in [-0.05, 0) is 6.42 Å². The predicted octanol–water partition coefficient (Wildman–Crippen LogP) is -1.84. The number of carbonyl (C=O) groups is 3. The molecule has 0 spiro atoms. The van der Waals surface area contributed by atoms with Crippen molar-refractivity contribution >= 4 is 17.7 Å². The van der Waals surface area contributed by atoms with Crippen LogP contribution < -0.4 is 10.6 Å². The van der Waals surface area contributed by atoms with Crippen molar-refractivity contribution in [2.75, 3.05) is 39.3 Å². The van der Waals surface area contributed by atoms with E-state index in [1.807, 2.05) is 6.92 Å². The van der Waals surface area contributed by atoms with E-state index in [0.29, 0.717) is 19.5 Å². The molecule has 2 aliphatic rings. The van der Waals surface area contributed by atoms with Crippen molar-refractivity contribution in [2.45, 2.75) is 19.4 Å². The van der Waals surface area contributed by atoms with Crippen molar-refractivity contribution in [3.05, 3.63) is 0 Å². The zero-order valence-corrected chi connectivity index (χ0v) is 11.1. The highest BCUT2D eigenvalue weighted by Crippen LogP contribution is 2.09. The first-order chi connectivity index (χ1) is 9.11. The van der Waals surface area contributed by atoms with Crippen molar-refractivity contribution < 1.29 is 14.4 Å². The average molecular weight is 268 g/mol. The van der Waals surface area contributed by atoms with Crippen LogP contribution in [0, 0.1) is 0 Å². The summed E-state index contributed by atoms with van der Waals surface area (Å²) in [5, 5.41) is 5.49. The summed E-state index contributed by atoms with van der Waals surface area (Å²) in [7, 11) is 0. The van der Waals surface area contributed by atoms with Crippen molar-refractivity contribution in [3.8, 4) is 0 Å². The highest BCUT2D eigenvalue weighted by Gasteiger charge is 2.34. The molecule has 0 aliphatic carbocycles. The molecule has 3 amide bonds. The minimum absolute atomic E-state index is 0.0116. The molecule has 0 aromatic rings. The van der Waals surface area contributed by atoms with Crippen LogP contribution in [-0.4, -0.2) is 72.8 Å². The Morgan fingerprint density at radius 2 is 2.00 bits per heavy atom. The van der Waals surface area contributed by atoms with Crippen LogP contribution >= 0.6 is 0 Å². The smallest absolute Gasteiger partial charge is 0.243 e. The van der Waals surface area contributed by atoms with Crippen LogP contribution in [0.3, 0.4) is 0 Å². The van der Waals surface area contributed by atoms with E-state index in [1.165, 1.54) is 0 Å². The van der Waals surface area contributed by atoms with Gasteiger partial charge >= 0.3 is 0 Å². The van der Waals surface area contributed by atoms with E-state index >= 15 is 0 Å². The Bertz CT molecular complexity index is 379. The number of carbonyl (C=O) groups excluding carboxylic acids is 3. The van der Waals surface area contributed by atoms with Crippen LogP contribution in [0.15, 0.2) is 0 Å². The molecule has 2 rings (SSSR count). The number of hydrogen-bond donors (Lipinski definition) is 2. The Hall–Kier alpha value is -1.47. The minimum atomic E-state index is -0.385. The maximum atomic E-state index is 12.2. The molecular weight excluding hydrogens is 248 g/mol. The zero-order chi connectivity index (χ0) is 13.8. The van der Waals surface area contributed by atoms with Crippen molar-refractivity contribution in [2.24, 2.45) is 0 Å². The Morgan fingerprint density at radius 3 is 2.63 bits per heavy atom. The SMILES string of the molecule is CCC1C(=O)NC(=O)CN1CC(=O)N1CCNCC1. The predicted molar refractivity (Wildman–Crippen MR) is 68.3 cm³/mol. The van der Waals surface area contributed by atoms with Gasteiger partial charge < -0.3 is 10.2 Å². The first kappa shape index (κ1) is 14.0. The molecule has 106 valence electrons. The molecule has 7 nitrogen and oxygen atoms in total. The van der Waals surface area contributed by atoms with Gasteiger partial charge in [0, 0.05) is 26.2 Å². The highest BCUT2D eigenvalue weighted by molar-refractivity contribution is 6.01. The van der Waals surface area contributed by atoms with Crippen molar-refractivity contribution in [1.29, 1.82) is 0 Å². The summed E-state index contributed by atoms with van der Waals surface area (Å²) in [5.74, 6) is -0.642. The summed E-state index contributed by atoms with van der Waals surface area (Å²) in [6.45, 7) is 5.08. The Labute approximate surface area is 112 Å². The van der Waals surface area contributed by atoms with E-state index in [4.69, 9.17) is 0 Å². The lowest BCUT2D eigenvalue weighted by Crippen LogP contribution is -2.60. The number of nitrogens with zero attached hydrogens (tertiary/aromatic N) is 2. The van der Waals surface area contributed by atoms with Crippen LogP contribution in [0.2, 0.25) is 0 Å². The third-order valence-corrected chi connectivity index (χ3v) is 3.55. The first-order valence-corrected chi connectivity index (χ1v) is 6.68. The quantitative estimate of drug-likeness (QED) is 0.588. The molecule has 2 N–H and O–H groups in total. The van der Waals surface area contributed by atoms with Crippen LogP contribution in [0.5, 0.6) is 0 Å². The maximum absolute atomic E-state index is 12.2. The van der Waals surface area contributed by atoms with Gasteiger partial charge in [0.05, 0.1) is 19.1 Å². The standard InChI is InChI=1S/C12H20N4O3/c1-2-9-12(19)14-10(17)7-16(9)8-11(18)15-5-3-13-4-6-15/h9,13H,2-8H2,1H3,(H,14,17,19). The molecule has 19 heavy (non-hydrogen) atoms. The van der Waals surface area contributed by atoms with Gasteiger partial charge in [-0.2, -0.15) is 0 Å². The molecule has 0 aromatic carbocycles. The molecule has 2 heterocycles. The van der Waals surface area contributed by atoms with Gasteiger partial charge in [0.2, 0.25) is 17.7 Å². The summed E-state index contributed by atoms with van der Waals surface area (Å²) in [5.41, 5.74) is 0. The fraction of sp³-hybridized carbons (Fsp3) is 0.750. The second-order valence-electron chi connectivity index (χ2n) is 4.87. The molecule has 2 saturated heterocycles. The van der Waals surface area contributed by atoms with Crippen LogP contribution in [0.25, 0.3) is 0 Å². The maximum Gasteiger partial charge on any atom is 0.243 e. The first-order valence-electron chi connectivity index (χ1n) is 6.68. The van der Waals surface area contributed by atoms with Gasteiger partial charge in [-0.15, -0.1) is 0 Å². The normalized spacial score (nSPS) is 25.3. The lowest BCUT2D eigenvalue weighted by Gasteiger charge is -2.35. The zero-order valence-electron chi connectivity index (χ0n) is 11.1. The van der Waals surface area contributed by atoms with Gasteiger partial charge in [0.1, 0.15) is 0 Å². The molecule has 2 aliphatic heterocycles. The summed E-state index contributed by atoms with van der Waals surface area (Å²) < 4.78 is 0. The largest absolute Gasteiger partial charge is 0.339 e. The topological polar surface area (TPSA) is 81.8 Å². The van der Waals surface area contributed by atoms with E-state index in [2.05, 4.69) is 10.6 Å². The molecule has 0 bridgehead atoms. The number of rotatable bonds is 3. The average Bonchev–Trinajstić information content (AvgIpc) is 2.39. The van der Waals surface area contributed by atoms with Gasteiger partial charge in [-0.1, -0.05) is 6.92 Å².